The number of hydrogen-bond acceptors (Lipinski definition) is 4. The Bertz CT molecular complexity index is 716. The van der Waals surface area contributed by atoms with Crippen LogP contribution in [0.15, 0.2) is 71.5 Å². The van der Waals surface area contributed by atoms with Gasteiger partial charge in [-0.1, -0.05) is 30.3 Å². The van der Waals surface area contributed by atoms with Crippen molar-refractivity contribution >= 4 is 15.9 Å². The molecule has 0 bridgehead atoms. The van der Waals surface area contributed by atoms with E-state index in [1.165, 1.54) is 0 Å². The SMILES string of the molecule is Brc1cnc(-c2ccc(OOCc3ccccc3)cc2)nc1. The van der Waals surface area contributed by atoms with E-state index < -0.39 is 0 Å². The van der Waals surface area contributed by atoms with Gasteiger partial charge in [0.1, 0.15) is 6.61 Å². The lowest BCUT2D eigenvalue weighted by molar-refractivity contribution is -0.217. The molecular formula is C17H13BrN2O2. The quantitative estimate of drug-likeness (QED) is 0.501. The number of halogens is 1. The highest BCUT2D eigenvalue weighted by Gasteiger charge is 2.02. The summed E-state index contributed by atoms with van der Waals surface area (Å²) in [6.45, 7) is 0.401. The minimum atomic E-state index is 0.401. The van der Waals surface area contributed by atoms with E-state index in [1.807, 2.05) is 54.6 Å². The maximum atomic E-state index is 5.27. The highest BCUT2D eigenvalue weighted by molar-refractivity contribution is 9.10. The van der Waals surface area contributed by atoms with Crippen LogP contribution >= 0.6 is 15.9 Å². The van der Waals surface area contributed by atoms with Crippen LogP contribution in [0.1, 0.15) is 5.56 Å². The molecule has 2 aromatic carbocycles. The van der Waals surface area contributed by atoms with E-state index in [1.54, 1.807) is 12.4 Å². The minimum Gasteiger partial charge on any atom is -0.337 e. The van der Waals surface area contributed by atoms with Gasteiger partial charge < -0.3 is 4.89 Å². The zero-order chi connectivity index (χ0) is 15.2. The number of aromatic nitrogens is 2. The minimum absolute atomic E-state index is 0.401. The molecule has 0 N–H and O–H groups in total. The molecule has 0 saturated heterocycles. The third kappa shape index (κ3) is 3.90. The van der Waals surface area contributed by atoms with Crippen LogP contribution in [-0.2, 0) is 11.5 Å². The summed E-state index contributed by atoms with van der Waals surface area (Å²) in [6.07, 6.45) is 3.44. The molecule has 0 saturated carbocycles. The van der Waals surface area contributed by atoms with Gasteiger partial charge in [-0.2, -0.15) is 4.89 Å². The van der Waals surface area contributed by atoms with Crippen molar-refractivity contribution in [3.05, 3.63) is 77.0 Å². The third-order valence-corrected chi connectivity index (χ3v) is 3.37. The summed E-state index contributed by atoms with van der Waals surface area (Å²) in [5, 5.41) is 0. The Hall–Kier alpha value is -2.24. The average molecular weight is 357 g/mol. The summed E-state index contributed by atoms with van der Waals surface area (Å²) in [4.78, 5) is 19.0. The summed E-state index contributed by atoms with van der Waals surface area (Å²) in [6, 6.07) is 17.3. The smallest absolute Gasteiger partial charge is 0.165 e. The summed E-state index contributed by atoms with van der Waals surface area (Å²) in [7, 11) is 0. The number of benzene rings is 2. The average Bonchev–Trinajstić information content (AvgIpc) is 2.57. The first-order valence-corrected chi connectivity index (χ1v) is 7.52. The van der Waals surface area contributed by atoms with Crippen LogP contribution in [0.4, 0.5) is 0 Å². The molecule has 3 rings (SSSR count). The molecule has 0 aliphatic carbocycles. The van der Waals surface area contributed by atoms with Crippen LogP contribution in [0.3, 0.4) is 0 Å². The fourth-order valence-electron chi connectivity index (χ4n) is 1.86. The summed E-state index contributed by atoms with van der Waals surface area (Å²) in [5.41, 5.74) is 1.98. The Morgan fingerprint density at radius 1 is 0.864 bits per heavy atom. The Kier molecular flexibility index (Phi) is 4.78. The lowest BCUT2D eigenvalue weighted by atomic mass is 10.2. The fraction of sp³-hybridized carbons (Fsp3) is 0.0588. The molecule has 0 fully saturated rings. The largest absolute Gasteiger partial charge is 0.337 e. The first kappa shape index (κ1) is 14.7. The summed E-state index contributed by atoms with van der Waals surface area (Å²) >= 11 is 3.32. The molecule has 1 heterocycles. The lowest BCUT2D eigenvalue weighted by Gasteiger charge is -2.06. The molecule has 4 nitrogen and oxygen atoms in total. The van der Waals surface area contributed by atoms with Crippen molar-refractivity contribution in [1.29, 1.82) is 0 Å². The Morgan fingerprint density at radius 3 is 2.23 bits per heavy atom. The fourth-order valence-corrected chi connectivity index (χ4v) is 2.07. The molecule has 0 aliphatic heterocycles. The molecular weight excluding hydrogens is 344 g/mol. The maximum Gasteiger partial charge on any atom is 0.165 e. The molecule has 0 atom stereocenters. The van der Waals surface area contributed by atoms with E-state index >= 15 is 0 Å². The molecule has 0 aliphatic rings. The van der Waals surface area contributed by atoms with Gasteiger partial charge in [0, 0.05) is 18.0 Å². The van der Waals surface area contributed by atoms with E-state index in [2.05, 4.69) is 25.9 Å². The highest BCUT2D eigenvalue weighted by Crippen LogP contribution is 2.20. The molecule has 5 heteroatoms. The van der Waals surface area contributed by atoms with Gasteiger partial charge in [-0.15, -0.1) is 0 Å². The van der Waals surface area contributed by atoms with Crippen molar-refractivity contribution in [1.82, 2.24) is 9.97 Å². The van der Waals surface area contributed by atoms with Crippen molar-refractivity contribution in [2.75, 3.05) is 0 Å². The topological polar surface area (TPSA) is 44.2 Å². The lowest BCUT2D eigenvalue weighted by Crippen LogP contribution is -1.97. The first-order valence-electron chi connectivity index (χ1n) is 6.73. The number of nitrogens with zero attached hydrogens (tertiary/aromatic N) is 2. The van der Waals surface area contributed by atoms with Gasteiger partial charge in [0.15, 0.2) is 11.6 Å². The number of rotatable bonds is 5. The predicted octanol–water partition coefficient (Wildman–Crippen LogP) is 4.42. The molecule has 1 aromatic heterocycles. The van der Waals surface area contributed by atoms with Crippen LogP contribution < -0.4 is 4.89 Å². The van der Waals surface area contributed by atoms with Crippen molar-refractivity contribution in [2.45, 2.75) is 6.61 Å². The second kappa shape index (κ2) is 7.15. The molecule has 0 radical (unpaired) electrons. The Balaban J connectivity index is 1.58. The van der Waals surface area contributed by atoms with Crippen LogP contribution in [-0.4, -0.2) is 9.97 Å². The van der Waals surface area contributed by atoms with E-state index in [-0.39, 0.29) is 0 Å². The Labute approximate surface area is 136 Å². The van der Waals surface area contributed by atoms with Crippen molar-refractivity contribution in [3.8, 4) is 17.1 Å². The highest BCUT2D eigenvalue weighted by atomic mass is 79.9. The van der Waals surface area contributed by atoms with Crippen LogP contribution in [0.2, 0.25) is 0 Å². The van der Waals surface area contributed by atoms with E-state index in [9.17, 15) is 0 Å². The van der Waals surface area contributed by atoms with Gasteiger partial charge in [-0.25, -0.2) is 9.97 Å². The van der Waals surface area contributed by atoms with Gasteiger partial charge in [-0.05, 0) is 45.8 Å². The van der Waals surface area contributed by atoms with Gasteiger partial charge in [0.05, 0.1) is 4.47 Å². The predicted molar refractivity (Wildman–Crippen MR) is 87.0 cm³/mol. The van der Waals surface area contributed by atoms with Crippen molar-refractivity contribution in [2.24, 2.45) is 0 Å². The van der Waals surface area contributed by atoms with E-state index in [0.717, 1.165) is 15.6 Å². The third-order valence-electron chi connectivity index (χ3n) is 2.96. The molecule has 22 heavy (non-hydrogen) atoms. The number of hydrogen-bond donors (Lipinski definition) is 0. The zero-order valence-corrected chi connectivity index (χ0v) is 13.2. The zero-order valence-electron chi connectivity index (χ0n) is 11.6. The van der Waals surface area contributed by atoms with Crippen LogP contribution in [0.25, 0.3) is 11.4 Å². The molecule has 0 unspecified atom stereocenters. The van der Waals surface area contributed by atoms with Crippen molar-refractivity contribution in [3.63, 3.8) is 0 Å². The standard InChI is InChI=1S/C17H13BrN2O2/c18-15-10-19-17(20-11-15)14-6-8-16(9-7-14)22-21-12-13-4-2-1-3-5-13/h1-11H,12H2. The van der Waals surface area contributed by atoms with E-state index in [4.69, 9.17) is 9.78 Å². The molecule has 0 spiro atoms. The monoisotopic (exact) mass is 356 g/mol. The van der Waals surface area contributed by atoms with Gasteiger partial charge in [0.2, 0.25) is 0 Å². The normalized spacial score (nSPS) is 10.4. The van der Waals surface area contributed by atoms with Gasteiger partial charge >= 0.3 is 0 Å². The maximum absolute atomic E-state index is 5.27. The molecule has 110 valence electrons. The van der Waals surface area contributed by atoms with Gasteiger partial charge in [-0.3, -0.25) is 0 Å². The summed E-state index contributed by atoms with van der Waals surface area (Å²) < 4.78 is 0.852. The second-order valence-electron chi connectivity index (χ2n) is 4.58. The summed E-state index contributed by atoms with van der Waals surface area (Å²) in [5.74, 6) is 1.30. The van der Waals surface area contributed by atoms with Crippen LogP contribution in [0, 0.1) is 0 Å². The Morgan fingerprint density at radius 2 is 1.55 bits per heavy atom. The second-order valence-corrected chi connectivity index (χ2v) is 5.50. The first-order chi connectivity index (χ1) is 10.8. The molecule has 0 amide bonds. The van der Waals surface area contributed by atoms with Crippen LogP contribution in [0.5, 0.6) is 5.75 Å². The van der Waals surface area contributed by atoms with Gasteiger partial charge in [0.25, 0.3) is 0 Å². The van der Waals surface area contributed by atoms with E-state index in [0.29, 0.717) is 18.2 Å². The molecule has 3 aromatic rings. The van der Waals surface area contributed by atoms with Crippen molar-refractivity contribution < 1.29 is 9.78 Å².